The van der Waals surface area contributed by atoms with Crippen LogP contribution >= 0.6 is 0 Å². The highest BCUT2D eigenvalue weighted by molar-refractivity contribution is 7.92. The van der Waals surface area contributed by atoms with Gasteiger partial charge >= 0.3 is 18.0 Å². The number of sulfone groups is 1. The fraction of sp³-hybridized carbons (Fsp3) is 0.478. The molecule has 0 aliphatic carbocycles. The lowest BCUT2D eigenvalue weighted by atomic mass is 9.89. The lowest BCUT2D eigenvalue weighted by Crippen LogP contribution is -2.51. The van der Waals surface area contributed by atoms with Crippen molar-refractivity contribution in [1.82, 2.24) is 4.90 Å². The quantitative estimate of drug-likeness (QED) is 0.327. The Bertz CT molecular complexity index is 1220. The van der Waals surface area contributed by atoms with Crippen molar-refractivity contribution in [2.45, 2.75) is 60.4 Å². The molecule has 0 spiro atoms. The molecule has 0 saturated carbocycles. The average molecular weight is 547 g/mol. The van der Waals surface area contributed by atoms with E-state index >= 15 is 0 Å². The number of hydrogen-bond donors (Lipinski definition) is 0. The average Bonchev–Trinajstić information content (AvgIpc) is 3.20. The van der Waals surface area contributed by atoms with Gasteiger partial charge in [0.1, 0.15) is 16.4 Å². The summed E-state index contributed by atoms with van der Waals surface area (Å²) in [6.07, 6.45) is -13.3. The predicted molar refractivity (Wildman–Crippen MR) is 113 cm³/mol. The highest BCUT2D eigenvalue weighted by Gasteiger charge is 2.74. The van der Waals surface area contributed by atoms with Crippen LogP contribution in [-0.4, -0.2) is 44.3 Å². The molecule has 1 aliphatic heterocycles. The monoisotopic (exact) mass is 547 g/mol. The Labute approximate surface area is 201 Å². The van der Waals surface area contributed by atoms with E-state index in [2.05, 4.69) is 0 Å². The van der Waals surface area contributed by atoms with Gasteiger partial charge < -0.3 is 0 Å². The van der Waals surface area contributed by atoms with Gasteiger partial charge in [-0.3, -0.25) is 4.90 Å². The topological polar surface area (TPSA) is 37.4 Å². The van der Waals surface area contributed by atoms with Crippen molar-refractivity contribution in [3.8, 4) is 0 Å². The third kappa shape index (κ3) is 4.37. The minimum atomic E-state index is -6.54. The first-order valence-electron chi connectivity index (χ1n) is 10.6. The minimum Gasteiger partial charge on any atom is -0.296 e. The molecule has 1 heterocycles. The van der Waals surface area contributed by atoms with Gasteiger partial charge in [-0.05, 0) is 63.1 Å². The normalized spacial score (nSPS) is 20.7. The molecule has 200 valence electrons. The van der Waals surface area contributed by atoms with E-state index in [0.717, 1.165) is 24.3 Å². The highest BCUT2D eigenvalue weighted by atomic mass is 32.2. The fourth-order valence-electron chi connectivity index (χ4n) is 4.35. The van der Waals surface area contributed by atoms with Gasteiger partial charge in [-0.25, -0.2) is 21.6 Å². The number of rotatable bonds is 4. The molecule has 1 atom stereocenters. The maximum Gasteiger partial charge on any atom is 0.436 e. The van der Waals surface area contributed by atoms with E-state index in [-0.39, 0.29) is 36.5 Å². The number of halogens is 9. The summed E-state index contributed by atoms with van der Waals surface area (Å²) < 4.78 is 147. The molecule has 13 heteroatoms. The highest BCUT2D eigenvalue weighted by Crippen LogP contribution is 2.54. The molecule has 0 aromatic heterocycles. The van der Waals surface area contributed by atoms with Gasteiger partial charge in [0.05, 0.1) is 4.90 Å². The molecule has 2 aromatic carbocycles. The van der Waals surface area contributed by atoms with E-state index in [1.807, 2.05) is 0 Å². The van der Waals surface area contributed by atoms with Crippen molar-refractivity contribution in [2.24, 2.45) is 0 Å². The van der Waals surface area contributed by atoms with Crippen LogP contribution in [0.5, 0.6) is 0 Å². The van der Waals surface area contributed by atoms with Gasteiger partial charge in [0.15, 0.2) is 9.84 Å². The lowest BCUT2D eigenvalue weighted by Gasteiger charge is -2.36. The Morgan fingerprint density at radius 1 is 0.833 bits per heavy atom. The van der Waals surface area contributed by atoms with Crippen molar-refractivity contribution >= 4 is 9.84 Å². The van der Waals surface area contributed by atoms with Crippen LogP contribution in [0.3, 0.4) is 0 Å². The molecule has 3 nitrogen and oxygen atoms in total. The molecule has 36 heavy (non-hydrogen) atoms. The zero-order valence-corrected chi connectivity index (χ0v) is 20.1. The molecule has 1 aliphatic rings. The number of alkyl halides is 7. The maximum absolute atomic E-state index is 14.9. The maximum atomic E-state index is 14.9. The Morgan fingerprint density at radius 2 is 1.36 bits per heavy atom. The Hall–Kier alpha value is -2.28. The summed E-state index contributed by atoms with van der Waals surface area (Å²) in [5.41, 5.74) is -9.41. The van der Waals surface area contributed by atoms with Gasteiger partial charge in [0, 0.05) is 24.2 Å². The van der Waals surface area contributed by atoms with Crippen LogP contribution in [0.2, 0.25) is 0 Å². The van der Waals surface area contributed by atoms with Gasteiger partial charge in [0.25, 0.3) is 0 Å². The van der Waals surface area contributed by atoms with Crippen molar-refractivity contribution in [1.29, 1.82) is 0 Å². The number of nitrogens with zero attached hydrogens (tertiary/aromatic N) is 1. The molecule has 2 aromatic rings. The van der Waals surface area contributed by atoms with Crippen LogP contribution in [0.4, 0.5) is 39.5 Å². The van der Waals surface area contributed by atoms with E-state index < -0.39 is 60.9 Å². The predicted octanol–water partition coefficient (Wildman–Crippen LogP) is 6.43. The van der Waals surface area contributed by atoms with E-state index in [0.29, 0.717) is 6.07 Å². The molecular weight excluding hydrogens is 525 g/mol. The summed E-state index contributed by atoms with van der Waals surface area (Å²) >= 11 is 0. The first-order chi connectivity index (χ1) is 16.2. The molecular formula is C23H22F9NO2S. The molecule has 0 amide bonds. The van der Waals surface area contributed by atoms with Crippen molar-refractivity contribution in [3.63, 3.8) is 0 Å². The standard InChI is InChI=1S/C23H22F9NO2S/c1-19(2,3)33-11-10-20(13-33,36(34,35)16-7-5-15(24)6-8-16)14-4-9-17(18(25)12-14)21(26,22(27,28)29)23(30,31)32/h4-9,12H,10-11,13H2,1-3H3/t20-/m0/s1. The largest absolute Gasteiger partial charge is 0.436 e. The molecule has 0 radical (unpaired) electrons. The van der Waals surface area contributed by atoms with Crippen LogP contribution < -0.4 is 0 Å². The van der Waals surface area contributed by atoms with E-state index in [4.69, 9.17) is 0 Å². The molecule has 3 rings (SSSR count). The first-order valence-corrected chi connectivity index (χ1v) is 12.0. The summed E-state index contributed by atoms with van der Waals surface area (Å²) in [4.78, 5) is 1.32. The second-order valence-corrected chi connectivity index (χ2v) is 11.9. The van der Waals surface area contributed by atoms with Gasteiger partial charge in [-0.1, -0.05) is 12.1 Å². The van der Waals surface area contributed by atoms with Gasteiger partial charge in [-0.15, -0.1) is 0 Å². The molecule has 0 N–H and O–H groups in total. The van der Waals surface area contributed by atoms with E-state index in [1.54, 1.807) is 25.7 Å². The third-order valence-electron chi connectivity index (χ3n) is 6.47. The molecule has 0 unspecified atom stereocenters. The second-order valence-electron chi connectivity index (χ2n) is 9.64. The SMILES string of the molecule is CC(C)(C)N1CC[C@](c2ccc(C(F)(C(F)(F)F)C(F)(F)F)c(F)c2)(S(=O)(=O)c2ccc(F)cc2)C1. The van der Waals surface area contributed by atoms with Crippen LogP contribution in [0.25, 0.3) is 0 Å². The zero-order chi connectivity index (χ0) is 27.5. The number of hydrogen-bond acceptors (Lipinski definition) is 3. The first kappa shape index (κ1) is 28.3. The zero-order valence-electron chi connectivity index (χ0n) is 19.2. The fourth-order valence-corrected chi connectivity index (χ4v) is 6.42. The van der Waals surface area contributed by atoms with Crippen LogP contribution in [0, 0.1) is 11.6 Å². The Kier molecular flexibility index (Phi) is 6.79. The summed E-state index contributed by atoms with van der Waals surface area (Å²) in [6, 6.07) is 4.39. The van der Waals surface area contributed by atoms with Crippen LogP contribution in [0.1, 0.15) is 38.3 Å². The summed E-state index contributed by atoms with van der Waals surface area (Å²) in [5, 5.41) is 0. The summed E-state index contributed by atoms with van der Waals surface area (Å²) in [5.74, 6) is -2.95. The minimum absolute atomic E-state index is 0.0205. The molecule has 0 bridgehead atoms. The van der Waals surface area contributed by atoms with Crippen molar-refractivity contribution < 1.29 is 47.9 Å². The lowest BCUT2D eigenvalue weighted by molar-refractivity contribution is -0.349. The third-order valence-corrected chi connectivity index (χ3v) is 8.96. The number of benzene rings is 2. The van der Waals surface area contributed by atoms with Crippen molar-refractivity contribution in [3.05, 3.63) is 65.2 Å². The van der Waals surface area contributed by atoms with Crippen molar-refractivity contribution in [2.75, 3.05) is 13.1 Å². The number of likely N-dealkylation sites (tertiary alicyclic amines) is 1. The van der Waals surface area contributed by atoms with Crippen LogP contribution in [0.15, 0.2) is 47.4 Å². The Morgan fingerprint density at radius 3 is 1.78 bits per heavy atom. The Balaban J connectivity index is 2.25. The van der Waals surface area contributed by atoms with Crippen LogP contribution in [-0.2, 0) is 20.3 Å². The summed E-state index contributed by atoms with van der Waals surface area (Å²) in [6.45, 7) is 5.09. The second kappa shape index (κ2) is 8.64. The molecule has 1 fully saturated rings. The van der Waals surface area contributed by atoms with Gasteiger partial charge in [0.2, 0.25) is 0 Å². The van der Waals surface area contributed by atoms with E-state index in [9.17, 15) is 47.9 Å². The van der Waals surface area contributed by atoms with Gasteiger partial charge in [-0.2, -0.15) is 26.3 Å². The molecule has 1 saturated heterocycles. The summed E-state index contributed by atoms with van der Waals surface area (Å²) in [7, 11) is -4.50. The van der Waals surface area contributed by atoms with E-state index in [1.165, 1.54) is 0 Å². The smallest absolute Gasteiger partial charge is 0.296 e.